The molecule has 2 aliphatic rings. The molecule has 0 radical (unpaired) electrons. The number of hydrogen-bond donors (Lipinski definition) is 2. The van der Waals surface area contributed by atoms with E-state index in [0.29, 0.717) is 12.6 Å². The fourth-order valence-electron chi connectivity index (χ4n) is 3.23. The van der Waals surface area contributed by atoms with Gasteiger partial charge in [-0.1, -0.05) is 26.7 Å². The van der Waals surface area contributed by atoms with Crippen LogP contribution in [0.2, 0.25) is 0 Å². The minimum Gasteiger partial charge on any atom is -0.378 e. The van der Waals surface area contributed by atoms with Crippen molar-refractivity contribution in [1.82, 2.24) is 10.6 Å². The van der Waals surface area contributed by atoms with Crippen LogP contribution in [0, 0.1) is 5.41 Å². The van der Waals surface area contributed by atoms with Crippen molar-refractivity contribution in [2.45, 2.75) is 71.1 Å². The highest BCUT2D eigenvalue weighted by Crippen LogP contribution is 2.42. The highest BCUT2D eigenvalue weighted by Gasteiger charge is 2.49. The van der Waals surface area contributed by atoms with Crippen molar-refractivity contribution in [2.24, 2.45) is 5.41 Å². The Labute approximate surface area is 116 Å². The van der Waals surface area contributed by atoms with Crippen molar-refractivity contribution in [3.63, 3.8) is 0 Å². The molecule has 4 heteroatoms. The van der Waals surface area contributed by atoms with E-state index in [2.05, 4.69) is 24.5 Å². The number of rotatable bonds is 6. The van der Waals surface area contributed by atoms with Gasteiger partial charge in [0.05, 0.1) is 12.6 Å². The van der Waals surface area contributed by atoms with Crippen molar-refractivity contribution in [1.29, 1.82) is 0 Å². The molecule has 0 aromatic rings. The van der Waals surface area contributed by atoms with E-state index in [9.17, 15) is 4.79 Å². The molecule has 0 bridgehead atoms. The lowest BCUT2D eigenvalue weighted by Gasteiger charge is -2.51. The molecule has 2 atom stereocenters. The number of hydrogen-bond acceptors (Lipinski definition) is 3. The van der Waals surface area contributed by atoms with Crippen LogP contribution in [-0.4, -0.2) is 37.2 Å². The van der Waals surface area contributed by atoms with Crippen molar-refractivity contribution >= 4 is 5.91 Å². The lowest BCUT2D eigenvalue weighted by Crippen LogP contribution is -2.62. The molecule has 0 saturated heterocycles. The predicted molar refractivity (Wildman–Crippen MR) is 76.0 cm³/mol. The fourth-order valence-corrected chi connectivity index (χ4v) is 3.23. The summed E-state index contributed by atoms with van der Waals surface area (Å²) >= 11 is 0. The standard InChI is InChI=1S/C15H28N2O2/c1-4-19-13-9-12(15(13,2)3)17-14(18)10-16-11-7-5-6-8-11/h11-13,16H,4-10H2,1-3H3,(H,17,18). The summed E-state index contributed by atoms with van der Waals surface area (Å²) in [4.78, 5) is 11.9. The van der Waals surface area contributed by atoms with E-state index in [0.717, 1.165) is 13.0 Å². The normalized spacial score (nSPS) is 30.1. The van der Waals surface area contributed by atoms with E-state index in [-0.39, 0.29) is 23.5 Å². The minimum absolute atomic E-state index is 0.0546. The molecule has 0 aromatic heterocycles. The lowest BCUT2D eigenvalue weighted by molar-refractivity contribution is -0.136. The summed E-state index contributed by atoms with van der Waals surface area (Å²) in [6.45, 7) is 7.57. The first-order valence-electron chi connectivity index (χ1n) is 7.68. The molecular formula is C15H28N2O2. The van der Waals surface area contributed by atoms with Crippen LogP contribution >= 0.6 is 0 Å². The maximum absolute atomic E-state index is 11.9. The molecule has 0 aliphatic heterocycles. The quantitative estimate of drug-likeness (QED) is 0.773. The van der Waals surface area contributed by atoms with Gasteiger partial charge in [-0.3, -0.25) is 4.79 Å². The van der Waals surface area contributed by atoms with Crippen LogP contribution in [0.3, 0.4) is 0 Å². The van der Waals surface area contributed by atoms with Crippen molar-refractivity contribution < 1.29 is 9.53 Å². The molecule has 110 valence electrons. The van der Waals surface area contributed by atoms with E-state index >= 15 is 0 Å². The van der Waals surface area contributed by atoms with Crippen LogP contribution in [-0.2, 0) is 9.53 Å². The van der Waals surface area contributed by atoms with E-state index in [1.807, 2.05) is 6.92 Å². The van der Waals surface area contributed by atoms with Crippen molar-refractivity contribution in [2.75, 3.05) is 13.2 Å². The third-order valence-electron chi connectivity index (χ3n) is 4.79. The topological polar surface area (TPSA) is 50.4 Å². The number of amides is 1. The third-order valence-corrected chi connectivity index (χ3v) is 4.79. The van der Waals surface area contributed by atoms with E-state index < -0.39 is 0 Å². The van der Waals surface area contributed by atoms with Crippen LogP contribution < -0.4 is 10.6 Å². The molecular weight excluding hydrogens is 240 g/mol. The zero-order valence-electron chi connectivity index (χ0n) is 12.5. The number of nitrogens with one attached hydrogen (secondary N) is 2. The number of carbonyl (C=O) groups is 1. The first kappa shape index (κ1) is 14.8. The molecule has 0 spiro atoms. The Morgan fingerprint density at radius 2 is 2.00 bits per heavy atom. The van der Waals surface area contributed by atoms with Gasteiger partial charge >= 0.3 is 0 Å². The smallest absolute Gasteiger partial charge is 0.234 e. The van der Waals surface area contributed by atoms with E-state index in [1.54, 1.807) is 0 Å². The maximum atomic E-state index is 11.9. The van der Waals surface area contributed by atoms with Crippen LogP contribution in [0.25, 0.3) is 0 Å². The summed E-state index contributed by atoms with van der Waals surface area (Å²) < 4.78 is 5.68. The lowest BCUT2D eigenvalue weighted by atomic mass is 9.64. The largest absolute Gasteiger partial charge is 0.378 e. The average molecular weight is 268 g/mol. The minimum atomic E-state index is 0.0546. The maximum Gasteiger partial charge on any atom is 0.234 e. The predicted octanol–water partition coefficient (Wildman–Crippen LogP) is 1.84. The van der Waals surface area contributed by atoms with Gasteiger partial charge in [-0.25, -0.2) is 0 Å². The average Bonchev–Trinajstić information content (AvgIpc) is 2.88. The van der Waals surface area contributed by atoms with Gasteiger partial charge in [0.2, 0.25) is 5.91 Å². The summed E-state index contributed by atoms with van der Waals surface area (Å²) in [5.74, 6) is 0.125. The van der Waals surface area contributed by atoms with E-state index in [1.165, 1.54) is 25.7 Å². The van der Waals surface area contributed by atoms with Gasteiger partial charge in [-0.05, 0) is 26.2 Å². The first-order chi connectivity index (χ1) is 9.04. The number of carbonyl (C=O) groups excluding carboxylic acids is 1. The van der Waals surface area contributed by atoms with Crippen LogP contribution in [0.15, 0.2) is 0 Å². The molecule has 2 aliphatic carbocycles. The van der Waals surface area contributed by atoms with Gasteiger partial charge in [0.15, 0.2) is 0 Å². The SMILES string of the molecule is CCOC1CC(NC(=O)CNC2CCCC2)C1(C)C. The molecule has 2 fully saturated rings. The second kappa shape index (κ2) is 6.23. The highest BCUT2D eigenvalue weighted by molar-refractivity contribution is 5.78. The third kappa shape index (κ3) is 3.48. The molecule has 0 heterocycles. The Morgan fingerprint density at radius 3 is 2.58 bits per heavy atom. The molecule has 1 amide bonds. The van der Waals surface area contributed by atoms with Gasteiger partial charge in [-0.2, -0.15) is 0 Å². The summed E-state index contributed by atoms with van der Waals surface area (Å²) in [5, 5.41) is 6.49. The first-order valence-corrected chi connectivity index (χ1v) is 7.68. The summed E-state index contributed by atoms with van der Waals surface area (Å²) in [7, 11) is 0. The van der Waals surface area contributed by atoms with Gasteiger partial charge in [0.1, 0.15) is 0 Å². The second-order valence-electron chi connectivity index (χ2n) is 6.48. The molecule has 4 nitrogen and oxygen atoms in total. The molecule has 2 unspecified atom stereocenters. The zero-order valence-corrected chi connectivity index (χ0v) is 12.5. The Kier molecular flexibility index (Phi) is 4.85. The van der Waals surface area contributed by atoms with Gasteiger partial charge < -0.3 is 15.4 Å². The van der Waals surface area contributed by atoms with Crippen LogP contribution in [0.1, 0.15) is 52.9 Å². The van der Waals surface area contributed by atoms with E-state index in [4.69, 9.17) is 4.74 Å². The van der Waals surface area contributed by atoms with Crippen LogP contribution in [0.5, 0.6) is 0 Å². The van der Waals surface area contributed by atoms with Crippen molar-refractivity contribution in [3.05, 3.63) is 0 Å². The molecule has 0 aromatic carbocycles. The van der Waals surface area contributed by atoms with Gasteiger partial charge in [-0.15, -0.1) is 0 Å². The Morgan fingerprint density at radius 1 is 1.32 bits per heavy atom. The Balaban J connectivity index is 1.68. The summed E-state index contributed by atoms with van der Waals surface area (Å²) in [6.07, 6.45) is 6.25. The molecule has 2 rings (SSSR count). The number of ether oxygens (including phenoxy) is 1. The molecule has 2 saturated carbocycles. The Hall–Kier alpha value is -0.610. The summed E-state index contributed by atoms with van der Waals surface area (Å²) in [6, 6.07) is 0.804. The Bertz CT molecular complexity index is 311. The molecule has 2 N–H and O–H groups in total. The van der Waals surface area contributed by atoms with Gasteiger partial charge in [0, 0.05) is 24.1 Å². The second-order valence-corrected chi connectivity index (χ2v) is 6.48. The highest BCUT2D eigenvalue weighted by atomic mass is 16.5. The fraction of sp³-hybridized carbons (Fsp3) is 0.933. The van der Waals surface area contributed by atoms with Crippen LogP contribution in [0.4, 0.5) is 0 Å². The molecule has 19 heavy (non-hydrogen) atoms. The van der Waals surface area contributed by atoms with Gasteiger partial charge in [0.25, 0.3) is 0 Å². The zero-order chi connectivity index (χ0) is 13.9. The van der Waals surface area contributed by atoms with Crippen molar-refractivity contribution in [3.8, 4) is 0 Å². The summed E-state index contributed by atoms with van der Waals surface area (Å²) in [5.41, 5.74) is 0.0546. The monoisotopic (exact) mass is 268 g/mol.